The van der Waals surface area contributed by atoms with E-state index in [1.165, 1.54) is 25.7 Å². The quantitative estimate of drug-likeness (QED) is 0.361. The first kappa shape index (κ1) is 25.9. The summed E-state index contributed by atoms with van der Waals surface area (Å²) in [7, 11) is 1.63. The van der Waals surface area contributed by atoms with Crippen molar-refractivity contribution >= 4 is 28.7 Å². The van der Waals surface area contributed by atoms with Gasteiger partial charge in [-0.1, -0.05) is 13.0 Å². The molecule has 2 aromatic heterocycles. The van der Waals surface area contributed by atoms with E-state index in [4.69, 9.17) is 10.5 Å². The summed E-state index contributed by atoms with van der Waals surface area (Å²) in [5, 5.41) is 11.3. The van der Waals surface area contributed by atoms with Crippen LogP contribution >= 0.6 is 0 Å². The third-order valence-electron chi connectivity index (χ3n) is 8.80. The first-order chi connectivity index (χ1) is 18.9. The Balaban J connectivity index is 1.15. The minimum Gasteiger partial charge on any atom is -0.496 e. The van der Waals surface area contributed by atoms with Crippen LogP contribution in [0.15, 0.2) is 24.4 Å². The van der Waals surface area contributed by atoms with Crippen LogP contribution < -0.4 is 21.1 Å². The summed E-state index contributed by atoms with van der Waals surface area (Å²) in [6.45, 7) is 6.74. The number of piperidine rings is 1. The number of ether oxygens (including phenoxy) is 1. The average molecular weight is 533 g/mol. The Morgan fingerprint density at radius 2 is 2.00 bits per heavy atom. The third kappa shape index (κ3) is 5.52. The maximum absolute atomic E-state index is 13.0. The fraction of sp³-hybridized carbons (Fsp3) is 0.586. The average Bonchev–Trinajstić information content (AvgIpc) is 3.62. The molecule has 6 rings (SSSR count). The van der Waals surface area contributed by atoms with E-state index >= 15 is 0 Å². The number of nitrogen functional groups attached to an aromatic ring is 1. The Hall–Kier alpha value is -3.40. The van der Waals surface area contributed by atoms with Gasteiger partial charge < -0.3 is 26.0 Å². The van der Waals surface area contributed by atoms with Crippen LogP contribution in [0, 0.1) is 11.3 Å². The lowest BCUT2D eigenvalue weighted by Crippen LogP contribution is -2.44. The van der Waals surface area contributed by atoms with Gasteiger partial charge in [-0.15, -0.1) is 0 Å². The number of nitrogens with one attached hydrogen (secondary N) is 2. The molecule has 10 heteroatoms. The van der Waals surface area contributed by atoms with Gasteiger partial charge in [0.15, 0.2) is 5.82 Å². The molecule has 4 N–H and O–H groups in total. The number of amides is 1. The molecule has 10 nitrogen and oxygen atoms in total. The van der Waals surface area contributed by atoms with E-state index in [0.717, 1.165) is 56.5 Å². The van der Waals surface area contributed by atoms with Crippen LogP contribution in [0.5, 0.6) is 5.75 Å². The minimum absolute atomic E-state index is 0.0577. The number of anilines is 2. The van der Waals surface area contributed by atoms with Gasteiger partial charge in [-0.05, 0) is 75.0 Å². The number of rotatable bonds is 10. The standard InChI is InChI=1S/C29H40N8O2/c1-3-10-36-11-6-22(7-12-36)33-27(38)20-4-5-21(24(13-20)39-2)18-37-25-23(17-32-37)34-28(30)35-26(25)31-16-19-14-29(15-19)8-9-29/h4-5,13,17,19,22H,3,6-12,14-16,18H2,1-2H3,(H,33,38)(H3,30,31,34,35). The molecule has 2 aliphatic carbocycles. The van der Waals surface area contributed by atoms with Crippen LogP contribution in [-0.2, 0) is 6.54 Å². The van der Waals surface area contributed by atoms with Gasteiger partial charge in [0.25, 0.3) is 5.91 Å². The molecule has 3 aliphatic rings. The number of nitrogens with zero attached hydrogens (tertiary/aromatic N) is 5. The number of benzene rings is 1. The normalized spacial score (nSPS) is 19.2. The van der Waals surface area contributed by atoms with E-state index in [9.17, 15) is 4.79 Å². The fourth-order valence-corrected chi connectivity index (χ4v) is 6.46. The molecule has 3 aromatic rings. The minimum atomic E-state index is -0.0577. The number of carbonyl (C=O) groups excluding carboxylic acids is 1. The zero-order valence-electron chi connectivity index (χ0n) is 23.1. The van der Waals surface area contributed by atoms with Gasteiger partial charge in [-0.3, -0.25) is 9.48 Å². The zero-order chi connectivity index (χ0) is 27.0. The first-order valence-corrected chi connectivity index (χ1v) is 14.4. The van der Waals surface area contributed by atoms with Crippen LogP contribution in [0.3, 0.4) is 0 Å². The number of fused-ring (bicyclic) bond motifs is 1. The molecule has 1 spiro atoms. The van der Waals surface area contributed by atoms with Crippen molar-refractivity contribution in [2.24, 2.45) is 11.3 Å². The molecule has 208 valence electrons. The lowest BCUT2D eigenvalue weighted by molar-refractivity contribution is 0.0910. The highest BCUT2D eigenvalue weighted by atomic mass is 16.5. The van der Waals surface area contributed by atoms with E-state index in [0.29, 0.717) is 40.5 Å². The number of methoxy groups -OCH3 is 1. The molecule has 0 unspecified atom stereocenters. The summed E-state index contributed by atoms with van der Waals surface area (Å²) in [6, 6.07) is 5.84. The van der Waals surface area contributed by atoms with Crippen LogP contribution in [-0.4, -0.2) is 69.9 Å². The van der Waals surface area contributed by atoms with Crippen LogP contribution in [0.2, 0.25) is 0 Å². The van der Waals surface area contributed by atoms with E-state index in [-0.39, 0.29) is 17.9 Å². The largest absolute Gasteiger partial charge is 0.496 e. The van der Waals surface area contributed by atoms with Gasteiger partial charge in [-0.25, -0.2) is 4.98 Å². The van der Waals surface area contributed by atoms with Crippen molar-refractivity contribution in [3.05, 3.63) is 35.5 Å². The maximum atomic E-state index is 13.0. The van der Waals surface area contributed by atoms with Gasteiger partial charge in [0.1, 0.15) is 16.8 Å². The van der Waals surface area contributed by atoms with Gasteiger partial charge >= 0.3 is 0 Å². The van der Waals surface area contributed by atoms with Crippen molar-refractivity contribution in [2.45, 2.75) is 64.5 Å². The topological polar surface area (TPSA) is 123 Å². The van der Waals surface area contributed by atoms with Gasteiger partial charge in [0, 0.05) is 36.8 Å². The Morgan fingerprint density at radius 1 is 1.21 bits per heavy atom. The van der Waals surface area contributed by atoms with Crippen LogP contribution in [0.25, 0.3) is 11.0 Å². The summed E-state index contributed by atoms with van der Waals surface area (Å²) in [6.07, 6.45) is 10.2. The molecule has 0 bridgehead atoms. The molecule has 1 aliphatic heterocycles. The highest BCUT2D eigenvalue weighted by Gasteiger charge is 2.52. The lowest BCUT2D eigenvalue weighted by Gasteiger charge is -2.36. The highest BCUT2D eigenvalue weighted by Crippen LogP contribution is 2.63. The Labute approximate surface area is 229 Å². The molecule has 0 atom stereocenters. The van der Waals surface area contributed by atoms with E-state index in [1.54, 1.807) is 13.3 Å². The molecule has 1 amide bonds. The second-order valence-electron chi connectivity index (χ2n) is 11.7. The highest BCUT2D eigenvalue weighted by molar-refractivity contribution is 5.95. The Morgan fingerprint density at radius 3 is 2.72 bits per heavy atom. The lowest BCUT2D eigenvalue weighted by atomic mass is 9.72. The van der Waals surface area contributed by atoms with E-state index in [1.807, 2.05) is 22.9 Å². The summed E-state index contributed by atoms with van der Waals surface area (Å²) in [5.41, 5.74) is 9.73. The number of carbonyl (C=O) groups is 1. The van der Waals surface area contributed by atoms with Crippen LogP contribution in [0.1, 0.15) is 67.8 Å². The number of nitrogens with two attached hydrogens (primary N) is 1. The van der Waals surface area contributed by atoms with Crippen molar-refractivity contribution in [3.8, 4) is 5.75 Å². The molecule has 1 aromatic carbocycles. The Bertz CT molecular complexity index is 1330. The SMILES string of the molecule is CCCN1CCC(NC(=O)c2ccc(Cn3ncc4nc(N)nc(NCC5CC6(CC6)C5)c43)c(OC)c2)CC1. The molecule has 0 radical (unpaired) electrons. The predicted molar refractivity (Wildman–Crippen MR) is 152 cm³/mol. The molecule has 3 heterocycles. The summed E-state index contributed by atoms with van der Waals surface area (Å²) >= 11 is 0. The maximum Gasteiger partial charge on any atom is 0.251 e. The van der Waals surface area contributed by atoms with Crippen molar-refractivity contribution < 1.29 is 9.53 Å². The molecule has 1 saturated heterocycles. The molecule has 39 heavy (non-hydrogen) atoms. The smallest absolute Gasteiger partial charge is 0.251 e. The summed E-state index contributed by atoms with van der Waals surface area (Å²) in [5.74, 6) is 2.22. The zero-order valence-corrected chi connectivity index (χ0v) is 23.1. The molecular formula is C29H40N8O2. The second-order valence-corrected chi connectivity index (χ2v) is 11.7. The monoisotopic (exact) mass is 532 g/mol. The van der Waals surface area contributed by atoms with Crippen LogP contribution in [0.4, 0.5) is 11.8 Å². The third-order valence-corrected chi connectivity index (χ3v) is 8.80. The van der Waals surface area contributed by atoms with Crippen molar-refractivity contribution in [1.29, 1.82) is 0 Å². The number of likely N-dealkylation sites (tertiary alicyclic amines) is 1. The predicted octanol–water partition coefficient (Wildman–Crippen LogP) is 3.67. The van der Waals surface area contributed by atoms with Gasteiger partial charge in [0.2, 0.25) is 5.95 Å². The molecular weight excluding hydrogens is 492 g/mol. The molecule has 3 fully saturated rings. The molecule has 2 saturated carbocycles. The van der Waals surface area contributed by atoms with Gasteiger partial charge in [0.05, 0.1) is 19.9 Å². The summed E-state index contributed by atoms with van der Waals surface area (Å²) in [4.78, 5) is 24.4. The summed E-state index contributed by atoms with van der Waals surface area (Å²) < 4.78 is 7.59. The first-order valence-electron chi connectivity index (χ1n) is 14.4. The number of hydrogen-bond acceptors (Lipinski definition) is 8. The van der Waals surface area contributed by atoms with Crippen molar-refractivity contribution in [2.75, 3.05) is 44.3 Å². The number of hydrogen-bond donors (Lipinski definition) is 3. The number of aromatic nitrogens is 4. The second kappa shape index (κ2) is 10.6. The van der Waals surface area contributed by atoms with Gasteiger partial charge in [-0.2, -0.15) is 10.1 Å². The van der Waals surface area contributed by atoms with E-state index in [2.05, 4.69) is 37.5 Å². The van der Waals surface area contributed by atoms with E-state index < -0.39 is 0 Å². The Kier molecular flexibility index (Phi) is 7.05. The van der Waals surface area contributed by atoms with Crippen molar-refractivity contribution in [3.63, 3.8) is 0 Å². The van der Waals surface area contributed by atoms with Crippen molar-refractivity contribution in [1.82, 2.24) is 30.0 Å². The fourth-order valence-electron chi connectivity index (χ4n) is 6.46.